The van der Waals surface area contributed by atoms with E-state index in [0.29, 0.717) is 23.1 Å². The number of rotatable bonds is 6. The molecule has 0 aliphatic carbocycles. The van der Waals surface area contributed by atoms with Crippen LogP contribution in [0.3, 0.4) is 0 Å². The lowest BCUT2D eigenvalue weighted by atomic mass is 10.2. The molecule has 1 saturated heterocycles. The van der Waals surface area contributed by atoms with E-state index in [1.807, 2.05) is 35.7 Å². The first-order valence-electron chi connectivity index (χ1n) is 9.03. The third-order valence-corrected chi connectivity index (χ3v) is 7.19. The first kappa shape index (κ1) is 18.8. The van der Waals surface area contributed by atoms with Crippen LogP contribution in [0.1, 0.15) is 18.4 Å². The van der Waals surface area contributed by atoms with Gasteiger partial charge in [0.1, 0.15) is 0 Å². The van der Waals surface area contributed by atoms with Gasteiger partial charge in [-0.25, -0.2) is 13.4 Å². The number of benzene rings is 2. The zero-order chi connectivity index (χ0) is 19.4. The van der Waals surface area contributed by atoms with Crippen molar-refractivity contribution in [2.45, 2.75) is 17.7 Å². The highest BCUT2D eigenvalue weighted by Gasteiger charge is 2.26. The van der Waals surface area contributed by atoms with Crippen molar-refractivity contribution in [3.05, 3.63) is 65.5 Å². The highest BCUT2D eigenvalue weighted by molar-refractivity contribution is 7.89. The second-order valence-corrected chi connectivity index (χ2v) is 9.25. The Kier molecular flexibility index (Phi) is 5.52. The highest BCUT2D eigenvalue weighted by Crippen LogP contribution is 2.27. The van der Waals surface area contributed by atoms with Crippen LogP contribution in [-0.4, -0.2) is 37.0 Å². The number of nitrogens with zero attached hydrogens (tertiary/aromatic N) is 3. The monoisotopic (exact) mass is 412 g/mol. The lowest BCUT2D eigenvalue weighted by Gasteiger charge is -2.15. The standard InChI is InChI=1S/C20H20N4O2S2/c25-28(26,24-12-4-5-13-24)18-10-8-17(9-11-18)19-15-27-20(22-19)23-21-14-16-6-2-1-3-7-16/h1-3,6-11,14-15H,4-5,12-13H2,(H,22,23)/b21-14+. The maximum atomic E-state index is 12.6. The van der Waals surface area contributed by atoms with Crippen LogP contribution >= 0.6 is 11.3 Å². The predicted molar refractivity (Wildman–Crippen MR) is 113 cm³/mol. The van der Waals surface area contributed by atoms with Gasteiger partial charge < -0.3 is 0 Å². The second-order valence-electron chi connectivity index (χ2n) is 6.45. The topological polar surface area (TPSA) is 74.7 Å². The summed E-state index contributed by atoms with van der Waals surface area (Å²) in [6, 6.07) is 16.7. The average molecular weight is 413 g/mol. The summed E-state index contributed by atoms with van der Waals surface area (Å²) in [6.07, 6.45) is 3.59. The van der Waals surface area contributed by atoms with Crippen molar-refractivity contribution in [3.8, 4) is 11.3 Å². The van der Waals surface area contributed by atoms with E-state index in [0.717, 1.165) is 29.7 Å². The molecule has 6 nitrogen and oxygen atoms in total. The molecule has 0 radical (unpaired) electrons. The molecule has 0 saturated carbocycles. The SMILES string of the molecule is O=S(=O)(c1ccc(-c2csc(N/N=C/c3ccccc3)n2)cc1)N1CCCC1. The van der Waals surface area contributed by atoms with Crippen molar-refractivity contribution in [3.63, 3.8) is 0 Å². The van der Waals surface area contributed by atoms with Gasteiger partial charge in [-0.15, -0.1) is 11.3 Å². The van der Waals surface area contributed by atoms with E-state index in [1.165, 1.54) is 11.3 Å². The van der Waals surface area contributed by atoms with Crippen molar-refractivity contribution in [1.82, 2.24) is 9.29 Å². The van der Waals surface area contributed by atoms with E-state index in [9.17, 15) is 8.42 Å². The first-order chi connectivity index (χ1) is 13.6. The Morgan fingerprint density at radius 2 is 1.75 bits per heavy atom. The summed E-state index contributed by atoms with van der Waals surface area (Å²) in [4.78, 5) is 4.85. The van der Waals surface area contributed by atoms with Crippen LogP contribution < -0.4 is 5.43 Å². The Bertz CT molecular complexity index is 1060. The molecule has 8 heteroatoms. The molecule has 144 valence electrons. The lowest BCUT2D eigenvalue weighted by Crippen LogP contribution is -2.27. The molecular formula is C20H20N4O2S2. The normalized spacial score (nSPS) is 15.3. The maximum absolute atomic E-state index is 12.6. The second kappa shape index (κ2) is 8.22. The molecule has 0 unspecified atom stereocenters. The first-order valence-corrected chi connectivity index (χ1v) is 11.4. The van der Waals surface area contributed by atoms with Crippen LogP contribution in [0.25, 0.3) is 11.3 Å². The fourth-order valence-corrected chi connectivity index (χ4v) is 5.22. The average Bonchev–Trinajstić information content (AvgIpc) is 3.42. The molecule has 1 aliphatic rings. The summed E-state index contributed by atoms with van der Waals surface area (Å²) in [5.74, 6) is 0. The molecule has 2 aromatic carbocycles. The van der Waals surface area contributed by atoms with Gasteiger partial charge in [0.05, 0.1) is 16.8 Å². The Morgan fingerprint density at radius 1 is 1.04 bits per heavy atom. The Hall–Kier alpha value is -2.55. The van der Waals surface area contributed by atoms with Crippen LogP contribution in [0.15, 0.2) is 70.0 Å². The van der Waals surface area contributed by atoms with E-state index in [2.05, 4.69) is 15.5 Å². The van der Waals surface area contributed by atoms with E-state index >= 15 is 0 Å². The third-order valence-electron chi connectivity index (χ3n) is 4.53. The number of sulfonamides is 1. The molecule has 0 bridgehead atoms. The van der Waals surface area contributed by atoms with Crippen molar-refractivity contribution in [1.29, 1.82) is 0 Å². The molecule has 1 fully saturated rings. The predicted octanol–water partition coefficient (Wildman–Crippen LogP) is 4.04. The number of hydrogen-bond donors (Lipinski definition) is 1. The summed E-state index contributed by atoms with van der Waals surface area (Å²) in [5.41, 5.74) is 5.59. The Morgan fingerprint density at radius 3 is 2.46 bits per heavy atom. The van der Waals surface area contributed by atoms with Crippen LogP contribution in [0.5, 0.6) is 0 Å². The highest BCUT2D eigenvalue weighted by atomic mass is 32.2. The van der Waals surface area contributed by atoms with Gasteiger partial charge in [0, 0.05) is 24.0 Å². The number of anilines is 1. The van der Waals surface area contributed by atoms with Gasteiger partial charge in [-0.3, -0.25) is 5.43 Å². The minimum atomic E-state index is -3.39. The number of hydrogen-bond acceptors (Lipinski definition) is 6. The molecule has 1 aliphatic heterocycles. The van der Waals surface area contributed by atoms with Gasteiger partial charge in [-0.2, -0.15) is 9.41 Å². The minimum absolute atomic E-state index is 0.333. The summed E-state index contributed by atoms with van der Waals surface area (Å²) >= 11 is 1.45. The van der Waals surface area contributed by atoms with Crippen molar-refractivity contribution >= 4 is 32.7 Å². The Balaban J connectivity index is 1.44. The maximum Gasteiger partial charge on any atom is 0.243 e. The van der Waals surface area contributed by atoms with E-state index < -0.39 is 10.0 Å². The van der Waals surface area contributed by atoms with Crippen LogP contribution in [-0.2, 0) is 10.0 Å². The van der Waals surface area contributed by atoms with Crippen molar-refractivity contribution < 1.29 is 8.42 Å². The molecule has 2 heterocycles. The third kappa shape index (κ3) is 4.14. The zero-order valence-electron chi connectivity index (χ0n) is 15.2. The number of nitrogens with one attached hydrogen (secondary N) is 1. The van der Waals surface area contributed by atoms with E-state index in [1.54, 1.807) is 34.8 Å². The van der Waals surface area contributed by atoms with Crippen molar-refractivity contribution in [2.75, 3.05) is 18.5 Å². The van der Waals surface area contributed by atoms with Gasteiger partial charge >= 0.3 is 0 Å². The number of aromatic nitrogens is 1. The van der Waals surface area contributed by atoms with Gasteiger partial charge in [0.25, 0.3) is 0 Å². The van der Waals surface area contributed by atoms with Crippen LogP contribution in [0, 0.1) is 0 Å². The largest absolute Gasteiger partial charge is 0.253 e. The van der Waals surface area contributed by atoms with E-state index in [-0.39, 0.29) is 0 Å². The van der Waals surface area contributed by atoms with E-state index in [4.69, 9.17) is 0 Å². The number of hydrazone groups is 1. The molecule has 4 rings (SSSR count). The molecule has 0 amide bonds. The zero-order valence-corrected chi connectivity index (χ0v) is 16.8. The Labute approximate surface area is 168 Å². The lowest BCUT2D eigenvalue weighted by molar-refractivity contribution is 0.477. The minimum Gasteiger partial charge on any atom is -0.253 e. The van der Waals surface area contributed by atoms with Crippen LogP contribution in [0.4, 0.5) is 5.13 Å². The molecule has 3 aromatic rings. The summed E-state index contributed by atoms with van der Waals surface area (Å²) < 4.78 is 26.8. The summed E-state index contributed by atoms with van der Waals surface area (Å²) in [6.45, 7) is 1.21. The quantitative estimate of drug-likeness (QED) is 0.490. The number of thiazole rings is 1. The van der Waals surface area contributed by atoms with Gasteiger partial charge in [-0.05, 0) is 30.5 Å². The van der Waals surface area contributed by atoms with Gasteiger partial charge in [0.2, 0.25) is 15.2 Å². The summed E-state index contributed by atoms with van der Waals surface area (Å²) in [7, 11) is -3.39. The smallest absolute Gasteiger partial charge is 0.243 e. The molecule has 0 atom stereocenters. The molecule has 28 heavy (non-hydrogen) atoms. The fraction of sp³-hybridized carbons (Fsp3) is 0.200. The molecule has 1 aromatic heterocycles. The van der Waals surface area contributed by atoms with Gasteiger partial charge in [0.15, 0.2) is 0 Å². The van der Waals surface area contributed by atoms with Crippen LogP contribution in [0.2, 0.25) is 0 Å². The van der Waals surface area contributed by atoms with Crippen molar-refractivity contribution in [2.24, 2.45) is 5.10 Å². The molecular weight excluding hydrogens is 392 g/mol. The molecule has 0 spiro atoms. The van der Waals surface area contributed by atoms with Gasteiger partial charge in [-0.1, -0.05) is 42.5 Å². The summed E-state index contributed by atoms with van der Waals surface area (Å²) in [5, 5.41) is 6.80. The fourth-order valence-electron chi connectivity index (χ4n) is 3.03. The molecule has 1 N–H and O–H groups in total.